The number of carbonyl (C=O) groups is 1. The van der Waals surface area contributed by atoms with Gasteiger partial charge in [-0.15, -0.1) is 0 Å². The zero-order valence-corrected chi connectivity index (χ0v) is 10.6. The van der Waals surface area contributed by atoms with Gasteiger partial charge in [0.15, 0.2) is 0 Å². The summed E-state index contributed by atoms with van der Waals surface area (Å²) < 4.78 is 5.40. The quantitative estimate of drug-likeness (QED) is 0.630. The molecule has 0 saturated carbocycles. The van der Waals surface area contributed by atoms with Gasteiger partial charge in [0.1, 0.15) is 5.75 Å². The van der Waals surface area contributed by atoms with Gasteiger partial charge in [0, 0.05) is 11.8 Å². The van der Waals surface area contributed by atoms with Gasteiger partial charge in [-0.1, -0.05) is 13.0 Å². The van der Waals surface area contributed by atoms with E-state index >= 15 is 0 Å². The Bertz CT molecular complexity index is 378. The van der Waals surface area contributed by atoms with E-state index in [2.05, 4.69) is 5.32 Å². The van der Waals surface area contributed by atoms with Crippen LogP contribution >= 0.6 is 0 Å². The lowest BCUT2D eigenvalue weighted by atomic mass is 10.2. The molecule has 100 valence electrons. The molecule has 0 unspecified atom stereocenters. The van der Waals surface area contributed by atoms with Crippen molar-refractivity contribution >= 4 is 11.6 Å². The van der Waals surface area contributed by atoms with E-state index in [1.54, 1.807) is 24.3 Å². The number of hydrogen-bond donors (Lipinski definition) is 3. The monoisotopic (exact) mass is 252 g/mol. The number of rotatable bonds is 7. The number of ether oxygens (including phenoxy) is 1. The van der Waals surface area contributed by atoms with Crippen LogP contribution in [0.3, 0.4) is 0 Å². The Morgan fingerprint density at radius 1 is 1.56 bits per heavy atom. The first-order chi connectivity index (χ1) is 8.65. The first-order valence-corrected chi connectivity index (χ1v) is 6.04. The van der Waals surface area contributed by atoms with Crippen molar-refractivity contribution in [2.24, 2.45) is 0 Å². The molecule has 0 radical (unpaired) electrons. The maximum absolute atomic E-state index is 11.5. The smallest absolute Gasteiger partial charge is 0.223 e. The highest BCUT2D eigenvalue weighted by molar-refractivity contribution is 5.76. The molecular formula is C13H20N2O3. The molecule has 1 aromatic rings. The van der Waals surface area contributed by atoms with Crippen LogP contribution < -0.4 is 15.8 Å². The summed E-state index contributed by atoms with van der Waals surface area (Å²) in [6.07, 6.45) is 0.962. The molecule has 0 aromatic heterocycles. The number of nitrogens with two attached hydrogens (primary N) is 1. The third kappa shape index (κ3) is 5.05. The third-order valence-electron chi connectivity index (χ3n) is 2.53. The van der Waals surface area contributed by atoms with Crippen LogP contribution in [0.5, 0.6) is 5.75 Å². The van der Waals surface area contributed by atoms with E-state index < -0.39 is 0 Å². The molecule has 1 rings (SSSR count). The van der Waals surface area contributed by atoms with Crippen molar-refractivity contribution in [3.63, 3.8) is 0 Å². The van der Waals surface area contributed by atoms with Gasteiger partial charge in [0.05, 0.1) is 25.7 Å². The van der Waals surface area contributed by atoms with E-state index in [4.69, 9.17) is 15.6 Å². The minimum Gasteiger partial charge on any atom is -0.493 e. The van der Waals surface area contributed by atoms with Crippen LogP contribution in [-0.2, 0) is 4.79 Å². The van der Waals surface area contributed by atoms with Gasteiger partial charge >= 0.3 is 0 Å². The van der Waals surface area contributed by atoms with Crippen molar-refractivity contribution in [2.75, 3.05) is 18.9 Å². The number of amides is 1. The second kappa shape index (κ2) is 7.55. The van der Waals surface area contributed by atoms with E-state index in [0.29, 0.717) is 17.9 Å². The Labute approximate surface area is 107 Å². The first-order valence-electron chi connectivity index (χ1n) is 6.04. The van der Waals surface area contributed by atoms with Crippen LogP contribution in [0.15, 0.2) is 24.3 Å². The van der Waals surface area contributed by atoms with Crippen LogP contribution in [0.4, 0.5) is 5.69 Å². The summed E-state index contributed by atoms with van der Waals surface area (Å²) in [6.45, 7) is 2.15. The Morgan fingerprint density at radius 3 is 2.94 bits per heavy atom. The largest absolute Gasteiger partial charge is 0.493 e. The summed E-state index contributed by atoms with van der Waals surface area (Å²) >= 11 is 0. The van der Waals surface area contributed by atoms with Gasteiger partial charge in [0.2, 0.25) is 5.91 Å². The van der Waals surface area contributed by atoms with Gasteiger partial charge in [0.25, 0.3) is 0 Å². The minimum atomic E-state index is -0.176. The molecule has 1 amide bonds. The molecule has 0 saturated heterocycles. The van der Waals surface area contributed by atoms with Gasteiger partial charge < -0.3 is 20.9 Å². The second-order valence-electron chi connectivity index (χ2n) is 4.03. The van der Waals surface area contributed by atoms with Crippen LogP contribution in [0.25, 0.3) is 0 Å². The Kier molecular flexibility index (Phi) is 6.00. The highest BCUT2D eigenvalue weighted by Gasteiger charge is 2.08. The van der Waals surface area contributed by atoms with Crippen LogP contribution in [0, 0.1) is 0 Å². The fourth-order valence-corrected chi connectivity index (χ4v) is 1.44. The lowest BCUT2D eigenvalue weighted by Crippen LogP contribution is -2.37. The predicted octanol–water partition coefficient (Wildman–Crippen LogP) is 0.925. The number of aliphatic hydroxyl groups is 1. The summed E-state index contributed by atoms with van der Waals surface area (Å²) in [5.74, 6) is 0.525. The number of carbonyl (C=O) groups excluding carboxylic acids is 1. The van der Waals surface area contributed by atoms with Crippen LogP contribution in [0.1, 0.15) is 19.8 Å². The third-order valence-corrected chi connectivity index (χ3v) is 2.53. The molecule has 0 fully saturated rings. The standard InChI is InChI=1S/C13H20N2O3/c1-2-11(9-16)15-13(17)6-7-18-12-5-3-4-10(14)8-12/h3-5,8,11,16H,2,6-7,9,14H2,1H3,(H,15,17)/t11-/m0/s1. The summed E-state index contributed by atoms with van der Waals surface area (Å²) in [4.78, 5) is 11.5. The lowest BCUT2D eigenvalue weighted by Gasteiger charge is -2.14. The molecule has 18 heavy (non-hydrogen) atoms. The fraction of sp³-hybridized carbons (Fsp3) is 0.462. The molecule has 0 spiro atoms. The highest BCUT2D eigenvalue weighted by Crippen LogP contribution is 2.14. The topological polar surface area (TPSA) is 84.6 Å². The Balaban J connectivity index is 2.27. The van der Waals surface area contributed by atoms with Crippen LogP contribution in [0.2, 0.25) is 0 Å². The molecular weight excluding hydrogens is 232 g/mol. The molecule has 0 heterocycles. The summed E-state index contributed by atoms with van der Waals surface area (Å²) in [6, 6.07) is 6.89. The van der Waals surface area contributed by atoms with E-state index in [-0.39, 0.29) is 31.6 Å². The Morgan fingerprint density at radius 2 is 2.33 bits per heavy atom. The molecule has 5 nitrogen and oxygen atoms in total. The zero-order valence-electron chi connectivity index (χ0n) is 10.6. The lowest BCUT2D eigenvalue weighted by molar-refractivity contribution is -0.122. The normalized spacial score (nSPS) is 11.9. The first kappa shape index (κ1) is 14.3. The molecule has 0 aliphatic rings. The molecule has 0 aliphatic heterocycles. The summed E-state index contributed by atoms with van der Waals surface area (Å²) in [5, 5.41) is 11.7. The summed E-state index contributed by atoms with van der Waals surface area (Å²) in [7, 11) is 0. The van der Waals surface area contributed by atoms with Crippen molar-refractivity contribution in [1.29, 1.82) is 0 Å². The summed E-state index contributed by atoms with van der Waals surface area (Å²) in [5.41, 5.74) is 6.23. The number of anilines is 1. The second-order valence-corrected chi connectivity index (χ2v) is 4.03. The average molecular weight is 252 g/mol. The number of nitrogens with one attached hydrogen (secondary N) is 1. The SMILES string of the molecule is CC[C@@H](CO)NC(=O)CCOc1cccc(N)c1. The van der Waals surface area contributed by atoms with Gasteiger partial charge in [-0.25, -0.2) is 0 Å². The minimum absolute atomic E-state index is 0.0433. The molecule has 0 aliphatic carbocycles. The van der Waals surface area contributed by atoms with E-state index in [1.165, 1.54) is 0 Å². The van der Waals surface area contributed by atoms with E-state index in [9.17, 15) is 4.79 Å². The van der Waals surface area contributed by atoms with Crippen molar-refractivity contribution in [1.82, 2.24) is 5.32 Å². The number of nitrogen functional groups attached to an aromatic ring is 1. The van der Waals surface area contributed by atoms with Gasteiger partial charge in [-0.3, -0.25) is 4.79 Å². The maximum atomic E-state index is 11.5. The Hall–Kier alpha value is -1.75. The number of benzene rings is 1. The molecule has 0 bridgehead atoms. The molecule has 1 aromatic carbocycles. The zero-order chi connectivity index (χ0) is 13.4. The van der Waals surface area contributed by atoms with Crippen molar-refractivity contribution < 1.29 is 14.6 Å². The number of aliphatic hydroxyl groups excluding tert-OH is 1. The fourth-order valence-electron chi connectivity index (χ4n) is 1.44. The molecule has 5 heteroatoms. The predicted molar refractivity (Wildman–Crippen MR) is 70.3 cm³/mol. The van der Waals surface area contributed by atoms with Gasteiger partial charge in [-0.05, 0) is 18.6 Å². The molecule has 4 N–H and O–H groups in total. The van der Waals surface area contributed by atoms with E-state index in [0.717, 1.165) is 0 Å². The number of hydrogen-bond acceptors (Lipinski definition) is 4. The highest BCUT2D eigenvalue weighted by atomic mass is 16.5. The van der Waals surface area contributed by atoms with Gasteiger partial charge in [-0.2, -0.15) is 0 Å². The molecule has 1 atom stereocenters. The van der Waals surface area contributed by atoms with E-state index in [1.807, 2.05) is 6.92 Å². The average Bonchev–Trinajstić information content (AvgIpc) is 2.36. The maximum Gasteiger partial charge on any atom is 0.223 e. The van der Waals surface area contributed by atoms with Crippen LogP contribution in [-0.4, -0.2) is 30.3 Å². The van der Waals surface area contributed by atoms with Crippen molar-refractivity contribution in [3.8, 4) is 5.75 Å². The van der Waals surface area contributed by atoms with Crippen molar-refractivity contribution in [3.05, 3.63) is 24.3 Å². The van der Waals surface area contributed by atoms with Crippen molar-refractivity contribution in [2.45, 2.75) is 25.8 Å².